The maximum Gasteiger partial charge on any atom is 0.243 e. The minimum absolute atomic E-state index is 0.187. The molecule has 1 amide bonds. The van der Waals surface area contributed by atoms with E-state index < -0.39 is 10.0 Å². The summed E-state index contributed by atoms with van der Waals surface area (Å²) >= 11 is 0. The molecular formula is C26H32N2O4S. The van der Waals surface area contributed by atoms with Crippen LogP contribution in [0.15, 0.2) is 76.0 Å². The number of aryl methyl sites for hydroxylation is 2. The Hall–Kier alpha value is -2.90. The molecule has 0 fully saturated rings. The Morgan fingerprint density at radius 2 is 1.61 bits per heavy atom. The molecule has 0 unspecified atom stereocenters. The molecule has 7 heteroatoms. The van der Waals surface area contributed by atoms with Crippen molar-refractivity contribution in [2.24, 2.45) is 0 Å². The van der Waals surface area contributed by atoms with Gasteiger partial charge in [-0.1, -0.05) is 48.0 Å². The van der Waals surface area contributed by atoms with Crippen molar-refractivity contribution in [1.29, 1.82) is 0 Å². The summed E-state index contributed by atoms with van der Waals surface area (Å²) in [5.74, 6) is 1.18. The molecule has 33 heavy (non-hydrogen) atoms. The monoisotopic (exact) mass is 468 g/mol. The third-order valence-electron chi connectivity index (χ3n) is 5.50. The number of furan rings is 1. The van der Waals surface area contributed by atoms with E-state index in [0.29, 0.717) is 18.7 Å². The quantitative estimate of drug-likeness (QED) is 0.437. The van der Waals surface area contributed by atoms with E-state index in [-0.39, 0.29) is 29.9 Å². The molecule has 0 bridgehead atoms. The summed E-state index contributed by atoms with van der Waals surface area (Å²) in [6.45, 7) is 7.83. The Morgan fingerprint density at radius 1 is 0.939 bits per heavy atom. The van der Waals surface area contributed by atoms with Gasteiger partial charge in [-0.3, -0.25) is 4.79 Å². The fourth-order valence-electron chi connectivity index (χ4n) is 3.58. The van der Waals surface area contributed by atoms with E-state index in [2.05, 4.69) is 0 Å². The van der Waals surface area contributed by atoms with Crippen LogP contribution in [-0.2, 0) is 27.8 Å². The molecular weight excluding hydrogens is 436 g/mol. The van der Waals surface area contributed by atoms with E-state index in [0.717, 1.165) is 16.9 Å². The second kappa shape index (κ2) is 10.8. The van der Waals surface area contributed by atoms with Gasteiger partial charge >= 0.3 is 0 Å². The highest BCUT2D eigenvalue weighted by atomic mass is 32.2. The van der Waals surface area contributed by atoms with Crippen LogP contribution < -0.4 is 0 Å². The topological polar surface area (TPSA) is 70.8 Å². The molecule has 3 rings (SSSR count). The first-order valence-electron chi connectivity index (χ1n) is 11.1. The first-order valence-corrected chi connectivity index (χ1v) is 12.6. The molecule has 0 spiro atoms. The predicted molar refractivity (Wildman–Crippen MR) is 129 cm³/mol. The Kier molecular flexibility index (Phi) is 8.10. The highest BCUT2D eigenvalue weighted by Crippen LogP contribution is 2.20. The summed E-state index contributed by atoms with van der Waals surface area (Å²) in [6.07, 6.45) is 0.665. The van der Waals surface area contributed by atoms with Crippen LogP contribution in [0.4, 0.5) is 0 Å². The van der Waals surface area contributed by atoms with Crippen LogP contribution in [0.25, 0.3) is 0 Å². The lowest BCUT2D eigenvalue weighted by Gasteiger charge is -2.29. The van der Waals surface area contributed by atoms with Gasteiger partial charge in [0.1, 0.15) is 11.5 Å². The molecule has 2 aromatic carbocycles. The second-order valence-corrected chi connectivity index (χ2v) is 10.4. The Labute approximate surface area is 196 Å². The van der Waals surface area contributed by atoms with Crippen LogP contribution in [0, 0.1) is 13.8 Å². The fourth-order valence-corrected chi connectivity index (χ4v) is 5.17. The summed E-state index contributed by atoms with van der Waals surface area (Å²) < 4.78 is 33.6. The predicted octanol–water partition coefficient (Wildman–Crippen LogP) is 4.57. The number of hydrogen-bond donors (Lipinski definition) is 0. The van der Waals surface area contributed by atoms with Gasteiger partial charge in [-0.2, -0.15) is 4.31 Å². The Morgan fingerprint density at radius 3 is 2.18 bits per heavy atom. The molecule has 0 saturated heterocycles. The van der Waals surface area contributed by atoms with Crippen molar-refractivity contribution in [1.82, 2.24) is 9.21 Å². The average molecular weight is 469 g/mol. The summed E-state index contributed by atoms with van der Waals surface area (Å²) in [5.41, 5.74) is 2.08. The van der Waals surface area contributed by atoms with E-state index in [1.54, 1.807) is 43.0 Å². The smallest absolute Gasteiger partial charge is 0.243 e. The normalized spacial score (nSPS) is 11.8. The van der Waals surface area contributed by atoms with Crippen LogP contribution in [0.2, 0.25) is 0 Å². The standard InChI is InChI=1S/C26H32N2O4S/c1-20(2)28(33(30,31)25-14-10-21(3)11-15-25)19-26(29)27(18-24-13-12-22(4)32-24)17-16-23-8-6-5-7-9-23/h5-15,20H,16-19H2,1-4H3. The molecule has 1 heterocycles. The number of amides is 1. The van der Waals surface area contributed by atoms with E-state index in [1.807, 2.05) is 56.3 Å². The lowest BCUT2D eigenvalue weighted by Crippen LogP contribution is -2.46. The van der Waals surface area contributed by atoms with E-state index in [9.17, 15) is 13.2 Å². The van der Waals surface area contributed by atoms with E-state index in [4.69, 9.17) is 4.42 Å². The average Bonchev–Trinajstić information content (AvgIpc) is 3.20. The van der Waals surface area contributed by atoms with Crippen molar-refractivity contribution >= 4 is 15.9 Å². The summed E-state index contributed by atoms with van der Waals surface area (Å²) in [6, 6.07) is 19.9. The van der Waals surface area contributed by atoms with Crippen LogP contribution >= 0.6 is 0 Å². The first-order chi connectivity index (χ1) is 15.7. The lowest BCUT2D eigenvalue weighted by atomic mass is 10.1. The third kappa shape index (κ3) is 6.55. The van der Waals surface area contributed by atoms with Gasteiger partial charge in [-0.25, -0.2) is 8.42 Å². The molecule has 0 aliphatic carbocycles. The fraction of sp³-hybridized carbons (Fsp3) is 0.346. The van der Waals surface area contributed by atoms with Crippen molar-refractivity contribution in [3.8, 4) is 0 Å². The number of carbonyl (C=O) groups is 1. The minimum atomic E-state index is -3.82. The lowest BCUT2D eigenvalue weighted by molar-refractivity contribution is -0.132. The van der Waals surface area contributed by atoms with Gasteiger partial charge in [0.15, 0.2) is 0 Å². The number of sulfonamides is 1. The number of carbonyl (C=O) groups excluding carboxylic acids is 1. The summed E-state index contributed by atoms with van der Waals surface area (Å²) in [7, 11) is -3.82. The van der Waals surface area contributed by atoms with Gasteiger partial charge in [0.05, 0.1) is 18.0 Å². The van der Waals surface area contributed by atoms with Crippen molar-refractivity contribution in [3.05, 3.63) is 89.4 Å². The van der Waals surface area contributed by atoms with Crippen LogP contribution in [-0.4, -0.2) is 42.7 Å². The summed E-state index contributed by atoms with van der Waals surface area (Å²) in [4.78, 5) is 15.3. The Bertz CT molecular complexity index is 1150. The van der Waals surface area contributed by atoms with Crippen molar-refractivity contribution in [3.63, 3.8) is 0 Å². The molecule has 3 aromatic rings. The molecule has 0 saturated carbocycles. The number of rotatable bonds is 10. The SMILES string of the molecule is Cc1ccc(S(=O)(=O)N(CC(=O)N(CCc2ccccc2)Cc2ccc(C)o2)C(C)C)cc1. The van der Waals surface area contributed by atoms with Crippen molar-refractivity contribution in [2.45, 2.75) is 51.6 Å². The summed E-state index contributed by atoms with van der Waals surface area (Å²) in [5, 5.41) is 0. The van der Waals surface area contributed by atoms with Gasteiger partial charge in [0.25, 0.3) is 0 Å². The molecule has 0 aliphatic rings. The molecule has 0 atom stereocenters. The van der Waals surface area contributed by atoms with Gasteiger partial charge in [0.2, 0.25) is 15.9 Å². The number of hydrogen-bond acceptors (Lipinski definition) is 4. The first kappa shape index (κ1) is 24.7. The van der Waals surface area contributed by atoms with E-state index >= 15 is 0 Å². The van der Waals surface area contributed by atoms with E-state index in [1.165, 1.54) is 4.31 Å². The molecule has 0 aliphatic heterocycles. The molecule has 0 N–H and O–H groups in total. The van der Waals surface area contributed by atoms with Crippen LogP contribution in [0.3, 0.4) is 0 Å². The molecule has 0 radical (unpaired) electrons. The zero-order valence-electron chi connectivity index (χ0n) is 19.7. The minimum Gasteiger partial charge on any atom is -0.464 e. The largest absolute Gasteiger partial charge is 0.464 e. The maximum absolute atomic E-state index is 13.4. The van der Waals surface area contributed by atoms with Gasteiger partial charge in [0, 0.05) is 12.6 Å². The van der Waals surface area contributed by atoms with Gasteiger partial charge in [-0.15, -0.1) is 0 Å². The zero-order chi connectivity index (χ0) is 24.0. The maximum atomic E-state index is 13.4. The Balaban J connectivity index is 1.82. The van der Waals surface area contributed by atoms with Crippen molar-refractivity contribution in [2.75, 3.05) is 13.1 Å². The van der Waals surface area contributed by atoms with Gasteiger partial charge < -0.3 is 9.32 Å². The second-order valence-electron chi connectivity index (χ2n) is 8.52. The number of benzene rings is 2. The third-order valence-corrected chi connectivity index (χ3v) is 7.54. The molecule has 6 nitrogen and oxygen atoms in total. The number of nitrogens with zero attached hydrogens (tertiary/aromatic N) is 2. The zero-order valence-corrected chi connectivity index (χ0v) is 20.5. The highest BCUT2D eigenvalue weighted by Gasteiger charge is 2.31. The molecule has 1 aromatic heterocycles. The molecule has 176 valence electrons. The van der Waals surface area contributed by atoms with Crippen molar-refractivity contribution < 1.29 is 17.6 Å². The van der Waals surface area contributed by atoms with Crippen LogP contribution in [0.1, 0.15) is 36.5 Å². The highest BCUT2D eigenvalue weighted by molar-refractivity contribution is 7.89. The van der Waals surface area contributed by atoms with Crippen LogP contribution in [0.5, 0.6) is 0 Å². The van der Waals surface area contributed by atoms with Gasteiger partial charge in [-0.05, 0) is 63.9 Å².